The summed E-state index contributed by atoms with van der Waals surface area (Å²) in [6.45, 7) is -0.320. The van der Waals surface area contributed by atoms with Crippen LogP contribution in [0.15, 0.2) is 9.59 Å². The van der Waals surface area contributed by atoms with Gasteiger partial charge in [-0.25, -0.2) is 9.78 Å². The molecule has 0 aliphatic heterocycles. The van der Waals surface area contributed by atoms with Gasteiger partial charge in [0.2, 0.25) is 5.82 Å². The number of rotatable bonds is 2. The third-order valence-electron chi connectivity index (χ3n) is 2.95. The van der Waals surface area contributed by atoms with Crippen LogP contribution < -0.4 is 17.0 Å². The molecule has 0 saturated heterocycles. The summed E-state index contributed by atoms with van der Waals surface area (Å²) < 4.78 is 41.2. The summed E-state index contributed by atoms with van der Waals surface area (Å²) in [7, 11) is 2.45. The first-order valence-corrected chi connectivity index (χ1v) is 5.63. The van der Waals surface area contributed by atoms with E-state index in [2.05, 4.69) is 4.98 Å². The quantitative estimate of drug-likeness (QED) is 0.801. The topological polar surface area (TPSA) is 87.8 Å². The lowest BCUT2D eigenvalue weighted by molar-refractivity contribution is -0.146. The van der Waals surface area contributed by atoms with Crippen molar-refractivity contribution in [2.24, 2.45) is 19.8 Å². The van der Waals surface area contributed by atoms with Gasteiger partial charge in [0.1, 0.15) is 0 Å². The van der Waals surface area contributed by atoms with Gasteiger partial charge in [-0.1, -0.05) is 0 Å². The van der Waals surface area contributed by atoms with Crippen LogP contribution in [0, 0.1) is 0 Å². The maximum atomic E-state index is 13.0. The van der Waals surface area contributed by atoms with E-state index in [0.717, 1.165) is 9.13 Å². The number of hydrogen-bond donors (Lipinski definition) is 1. The number of fused-ring (bicyclic) bond motifs is 1. The van der Waals surface area contributed by atoms with Crippen LogP contribution in [0.25, 0.3) is 11.2 Å². The molecule has 0 aliphatic carbocycles. The van der Waals surface area contributed by atoms with Crippen molar-refractivity contribution in [1.29, 1.82) is 0 Å². The Morgan fingerprint density at radius 2 is 1.80 bits per heavy atom. The van der Waals surface area contributed by atoms with Crippen LogP contribution in [-0.4, -0.2) is 25.2 Å². The molecule has 0 atom stereocenters. The van der Waals surface area contributed by atoms with Gasteiger partial charge in [0.05, 0.1) is 0 Å². The van der Waals surface area contributed by atoms with Gasteiger partial charge in [-0.3, -0.25) is 13.9 Å². The fourth-order valence-corrected chi connectivity index (χ4v) is 2.01. The lowest BCUT2D eigenvalue weighted by Gasteiger charge is -2.09. The number of hydrogen-bond acceptors (Lipinski definition) is 4. The monoisotopic (exact) mass is 291 g/mol. The van der Waals surface area contributed by atoms with Gasteiger partial charge in [-0.05, 0) is 0 Å². The number of imidazole rings is 1. The summed E-state index contributed by atoms with van der Waals surface area (Å²) in [6.07, 6.45) is -4.74. The molecule has 0 spiro atoms. The molecule has 2 aromatic heterocycles. The zero-order valence-corrected chi connectivity index (χ0v) is 10.7. The van der Waals surface area contributed by atoms with Gasteiger partial charge >= 0.3 is 11.9 Å². The molecule has 0 bridgehead atoms. The van der Waals surface area contributed by atoms with E-state index in [9.17, 15) is 22.8 Å². The minimum Gasteiger partial charge on any atom is -0.329 e. The van der Waals surface area contributed by atoms with E-state index in [0.29, 0.717) is 4.57 Å². The molecule has 0 aliphatic rings. The van der Waals surface area contributed by atoms with Crippen molar-refractivity contribution in [2.45, 2.75) is 12.7 Å². The highest BCUT2D eigenvalue weighted by Crippen LogP contribution is 2.30. The van der Waals surface area contributed by atoms with E-state index in [1.165, 1.54) is 14.1 Å². The standard InChI is InChI=1S/C10H12F3N5O2/c1-16-6-5(7(19)17(2)9(16)20)18(4-3-14)8(15-6)10(11,12)13/h3-4,14H2,1-2H3. The van der Waals surface area contributed by atoms with E-state index < -0.39 is 23.2 Å². The lowest BCUT2D eigenvalue weighted by Crippen LogP contribution is -2.37. The van der Waals surface area contributed by atoms with Gasteiger partial charge in [0.25, 0.3) is 5.56 Å². The van der Waals surface area contributed by atoms with Crippen LogP contribution in [0.5, 0.6) is 0 Å². The number of halogens is 3. The Balaban J connectivity index is 3.04. The molecular formula is C10H12F3N5O2. The number of aryl methyl sites for hydroxylation is 1. The van der Waals surface area contributed by atoms with Gasteiger partial charge in [0, 0.05) is 27.2 Å². The number of nitrogens with zero attached hydrogens (tertiary/aromatic N) is 4. The van der Waals surface area contributed by atoms with Crippen LogP contribution in [0.1, 0.15) is 5.82 Å². The number of nitrogens with two attached hydrogens (primary N) is 1. The lowest BCUT2D eigenvalue weighted by atomic mass is 10.4. The molecule has 110 valence electrons. The Labute approximate surface area is 110 Å². The van der Waals surface area contributed by atoms with Gasteiger partial charge < -0.3 is 10.3 Å². The van der Waals surface area contributed by atoms with E-state index in [4.69, 9.17) is 5.73 Å². The average Bonchev–Trinajstić information content (AvgIpc) is 2.74. The Bertz CT molecular complexity index is 783. The molecule has 0 amide bonds. The predicted octanol–water partition coefficient (Wildman–Crippen LogP) is -0.589. The molecule has 2 N–H and O–H groups in total. The Hall–Kier alpha value is -2.10. The predicted molar refractivity (Wildman–Crippen MR) is 64.3 cm³/mol. The molecule has 10 heteroatoms. The van der Waals surface area contributed by atoms with Gasteiger partial charge in [-0.2, -0.15) is 13.2 Å². The minimum atomic E-state index is -4.74. The highest BCUT2D eigenvalue weighted by molar-refractivity contribution is 5.71. The van der Waals surface area contributed by atoms with Crippen LogP contribution >= 0.6 is 0 Å². The highest BCUT2D eigenvalue weighted by atomic mass is 19.4. The number of aromatic nitrogens is 4. The molecule has 0 aromatic carbocycles. The Morgan fingerprint density at radius 1 is 1.20 bits per heavy atom. The van der Waals surface area contributed by atoms with Gasteiger partial charge in [-0.15, -0.1) is 0 Å². The van der Waals surface area contributed by atoms with Crippen molar-refractivity contribution in [3.05, 3.63) is 26.7 Å². The first-order chi connectivity index (χ1) is 9.20. The fourth-order valence-electron chi connectivity index (χ4n) is 2.01. The summed E-state index contributed by atoms with van der Waals surface area (Å²) in [5, 5.41) is 0. The first kappa shape index (κ1) is 14.3. The first-order valence-electron chi connectivity index (χ1n) is 5.63. The Morgan fingerprint density at radius 3 is 2.30 bits per heavy atom. The molecular weight excluding hydrogens is 279 g/mol. The highest BCUT2D eigenvalue weighted by Gasteiger charge is 2.38. The molecule has 0 saturated carbocycles. The van der Waals surface area contributed by atoms with Crippen molar-refractivity contribution >= 4 is 11.2 Å². The van der Waals surface area contributed by atoms with E-state index in [1.807, 2.05) is 0 Å². The maximum Gasteiger partial charge on any atom is 0.449 e. The smallest absolute Gasteiger partial charge is 0.329 e. The van der Waals surface area contributed by atoms with Crippen molar-refractivity contribution in [2.75, 3.05) is 6.54 Å². The van der Waals surface area contributed by atoms with Crippen molar-refractivity contribution < 1.29 is 13.2 Å². The molecule has 0 radical (unpaired) electrons. The van der Waals surface area contributed by atoms with Gasteiger partial charge in [0.15, 0.2) is 11.2 Å². The van der Waals surface area contributed by atoms with Crippen LogP contribution in [0.4, 0.5) is 13.2 Å². The average molecular weight is 291 g/mol. The largest absolute Gasteiger partial charge is 0.449 e. The second kappa shape index (κ2) is 4.47. The van der Waals surface area contributed by atoms with Crippen molar-refractivity contribution in [1.82, 2.24) is 18.7 Å². The molecule has 2 aromatic rings. The minimum absolute atomic E-state index is 0.0967. The summed E-state index contributed by atoms with van der Waals surface area (Å²) in [5.41, 5.74) is 3.12. The summed E-state index contributed by atoms with van der Waals surface area (Å²) in [6, 6.07) is 0. The second-order valence-corrected chi connectivity index (χ2v) is 4.25. The van der Waals surface area contributed by atoms with E-state index >= 15 is 0 Å². The zero-order chi connectivity index (χ0) is 15.2. The van der Waals surface area contributed by atoms with E-state index in [1.54, 1.807) is 0 Å². The van der Waals surface area contributed by atoms with E-state index in [-0.39, 0.29) is 24.3 Å². The zero-order valence-electron chi connectivity index (χ0n) is 10.7. The van der Waals surface area contributed by atoms with Crippen LogP contribution in [0.2, 0.25) is 0 Å². The van der Waals surface area contributed by atoms with Crippen LogP contribution in [0.3, 0.4) is 0 Å². The molecule has 0 fully saturated rings. The normalized spacial score (nSPS) is 12.3. The van der Waals surface area contributed by atoms with Crippen molar-refractivity contribution in [3.8, 4) is 0 Å². The third kappa shape index (κ3) is 1.92. The summed E-state index contributed by atoms with van der Waals surface area (Å²) in [4.78, 5) is 27.1. The molecule has 2 heterocycles. The van der Waals surface area contributed by atoms with Crippen LogP contribution in [-0.2, 0) is 26.8 Å². The summed E-state index contributed by atoms with van der Waals surface area (Å²) in [5.74, 6) is -1.24. The SMILES string of the molecule is Cn1c(=O)c2c(nc(C(F)(F)F)n2CCN)n(C)c1=O. The second-order valence-electron chi connectivity index (χ2n) is 4.25. The molecule has 0 unspecified atom stereocenters. The molecule has 2 rings (SSSR count). The third-order valence-corrected chi connectivity index (χ3v) is 2.95. The fraction of sp³-hybridized carbons (Fsp3) is 0.500. The molecule has 20 heavy (non-hydrogen) atoms. The maximum absolute atomic E-state index is 13.0. The van der Waals surface area contributed by atoms with Crippen molar-refractivity contribution in [3.63, 3.8) is 0 Å². The number of alkyl halides is 3. The summed E-state index contributed by atoms with van der Waals surface area (Å²) >= 11 is 0. The Kier molecular flexibility index (Phi) is 3.20. The molecule has 7 nitrogen and oxygen atoms in total.